The van der Waals surface area contributed by atoms with Crippen LogP contribution < -0.4 is 5.32 Å². The Morgan fingerprint density at radius 2 is 1.94 bits per heavy atom. The maximum absolute atomic E-state index is 13.4. The fourth-order valence-electron chi connectivity index (χ4n) is 3.88. The second-order valence-corrected chi connectivity index (χ2v) is 8.60. The number of piperazine rings is 1. The summed E-state index contributed by atoms with van der Waals surface area (Å²) in [6.07, 6.45) is -0.225. The summed E-state index contributed by atoms with van der Waals surface area (Å²) >= 11 is 5.93. The van der Waals surface area contributed by atoms with Crippen molar-refractivity contribution in [3.63, 3.8) is 0 Å². The Kier molecular flexibility index (Phi) is 6.36. The third-order valence-corrected chi connectivity index (χ3v) is 5.65. The molecule has 0 radical (unpaired) electrons. The quantitative estimate of drug-likeness (QED) is 0.625. The number of hydrogen-bond donors (Lipinski definition) is 2. The van der Waals surface area contributed by atoms with Gasteiger partial charge < -0.3 is 14.5 Å². The van der Waals surface area contributed by atoms with Gasteiger partial charge in [-0.15, -0.1) is 0 Å². The first-order valence-electron chi connectivity index (χ1n) is 10.3. The SMILES string of the molecule is CC(C)C[C@H]1C(O)N[C@@H](c2ccccc2)CN1C(=O)c1noc(-c2ccc(Cl)cc2)n1. The maximum atomic E-state index is 13.4. The molecule has 1 aliphatic heterocycles. The Balaban J connectivity index is 1.61. The molecule has 4 rings (SSSR count). The fourth-order valence-corrected chi connectivity index (χ4v) is 4.01. The molecule has 1 aromatic heterocycles. The first-order chi connectivity index (χ1) is 14.9. The number of carbonyl (C=O) groups is 1. The summed E-state index contributed by atoms with van der Waals surface area (Å²) in [6, 6.07) is 16.1. The predicted molar refractivity (Wildman–Crippen MR) is 117 cm³/mol. The molecule has 0 aliphatic carbocycles. The topological polar surface area (TPSA) is 91.5 Å². The van der Waals surface area contributed by atoms with E-state index in [4.69, 9.17) is 16.1 Å². The number of halogens is 1. The highest BCUT2D eigenvalue weighted by molar-refractivity contribution is 6.30. The zero-order valence-electron chi connectivity index (χ0n) is 17.4. The molecule has 2 heterocycles. The lowest BCUT2D eigenvalue weighted by Gasteiger charge is -2.44. The third kappa shape index (κ3) is 4.79. The van der Waals surface area contributed by atoms with E-state index >= 15 is 0 Å². The van der Waals surface area contributed by atoms with E-state index in [9.17, 15) is 9.90 Å². The number of carbonyl (C=O) groups excluding carboxylic acids is 1. The Bertz CT molecular complexity index is 1020. The van der Waals surface area contributed by atoms with Crippen molar-refractivity contribution in [3.8, 4) is 11.5 Å². The van der Waals surface area contributed by atoms with Gasteiger partial charge >= 0.3 is 0 Å². The lowest BCUT2D eigenvalue weighted by Crippen LogP contribution is -2.61. The summed E-state index contributed by atoms with van der Waals surface area (Å²) in [5, 5.41) is 18.6. The minimum atomic E-state index is -0.868. The molecule has 0 bridgehead atoms. The van der Waals surface area contributed by atoms with Crippen molar-refractivity contribution >= 4 is 17.5 Å². The molecular weight excluding hydrogens is 416 g/mol. The molecule has 3 aromatic rings. The molecule has 3 atom stereocenters. The van der Waals surface area contributed by atoms with Crippen molar-refractivity contribution in [1.29, 1.82) is 0 Å². The lowest BCUT2D eigenvalue weighted by atomic mass is 9.95. The molecule has 1 unspecified atom stereocenters. The van der Waals surface area contributed by atoms with Gasteiger partial charge in [-0.05, 0) is 42.2 Å². The number of amides is 1. The lowest BCUT2D eigenvalue weighted by molar-refractivity contribution is -0.0229. The number of benzene rings is 2. The van der Waals surface area contributed by atoms with Gasteiger partial charge in [0.1, 0.15) is 6.23 Å². The van der Waals surface area contributed by atoms with Crippen molar-refractivity contribution in [1.82, 2.24) is 20.4 Å². The normalized spacial score (nSPS) is 21.5. The second-order valence-electron chi connectivity index (χ2n) is 8.16. The molecular formula is C23H25ClN4O3. The average molecular weight is 441 g/mol. The Labute approximate surface area is 186 Å². The van der Waals surface area contributed by atoms with Crippen LogP contribution in [0.15, 0.2) is 59.1 Å². The van der Waals surface area contributed by atoms with Crippen LogP contribution in [0, 0.1) is 5.92 Å². The molecule has 7 nitrogen and oxygen atoms in total. The van der Waals surface area contributed by atoms with Crippen LogP contribution in [-0.2, 0) is 0 Å². The van der Waals surface area contributed by atoms with Gasteiger partial charge in [0, 0.05) is 17.1 Å². The van der Waals surface area contributed by atoms with Crippen molar-refractivity contribution in [2.45, 2.75) is 38.6 Å². The second kappa shape index (κ2) is 9.18. The van der Waals surface area contributed by atoms with Crippen LogP contribution >= 0.6 is 11.6 Å². The molecule has 1 aliphatic rings. The summed E-state index contributed by atoms with van der Waals surface area (Å²) in [5.74, 6) is 0.145. The van der Waals surface area contributed by atoms with Crippen molar-refractivity contribution in [2.24, 2.45) is 5.92 Å². The predicted octanol–water partition coefficient (Wildman–Crippen LogP) is 3.91. The van der Waals surface area contributed by atoms with E-state index in [2.05, 4.69) is 29.3 Å². The molecule has 8 heteroatoms. The monoisotopic (exact) mass is 440 g/mol. The molecule has 0 spiro atoms. The van der Waals surface area contributed by atoms with E-state index < -0.39 is 12.3 Å². The van der Waals surface area contributed by atoms with Gasteiger partial charge in [-0.1, -0.05) is 60.9 Å². The van der Waals surface area contributed by atoms with Crippen molar-refractivity contribution in [2.75, 3.05) is 6.54 Å². The molecule has 2 N–H and O–H groups in total. The van der Waals surface area contributed by atoms with Crippen molar-refractivity contribution in [3.05, 3.63) is 71.0 Å². The third-order valence-electron chi connectivity index (χ3n) is 5.40. The van der Waals surface area contributed by atoms with Gasteiger partial charge in [0.2, 0.25) is 0 Å². The highest BCUT2D eigenvalue weighted by atomic mass is 35.5. The number of hydrogen-bond acceptors (Lipinski definition) is 6. The van der Waals surface area contributed by atoms with Gasteiger partial charge in [0.15, 0.2) is 0 Å². The molecule has 1 saturated heterocycles. The van der Waals surface area contributed by atoms with Crippen LogP contribution in [0.4, 0.5) is 0 Å². The summed E-state index contributed by atoms with van der Waals surface area (Å²) in [7, 11) is 0. The summed E-state index contributed by atoms with van der Waals surface area (Å²) in [4.78, 5) is 19.4. The van der Waals surface area contributed by atoms with Crippen LogP contribution in [0.1, 0.15) is 42.5 Å². The number of nitrogens with zero attached hydrogens (tertiary/aromatic N) is 3. The Morgan fingerprint density at radius 3 is 2.61 bits per heavy atom. The van der Waals surface area contributed by atoms with Crippen LogP contribution in [0.3, 0.4) is 0 Å². The van der Waals surface area contributed by atoms with E-state index in [1.54, 1.807) is 29.2 Å². The molecule has 162 valence electrons. The summed E-state index contributed by atoms with van der Waals surface area (Å²) in [5.41, 5.74) is 1.68. The number of nitrogens with one attached hydrogen (secondary N) is 1. The van der Waals surface area contributed by atoms with E-state index in [1.165, 1.54) is 0 Å². The maximum Gasteiger partial charge on any atom is 0.295 e. The van der Waals surface area contributed by atoms with Crippen LogP contribution in [0.5, 0.6) is 0 Å². The zero-order chi connectivity index (χ0) is 22.0. The average Bonchev–Trinajstić information content (AvgIpc) is 3.25. The molecule has 31 heavy (non-hydrogen) atoms. The van der Waals surface area contributed by atoms with E-state index in [-0.39, 0.29) is 23.7 Å². The number of aliphatic hydroxyl groups excluding tert-OH is 1. The highest BCUT2D eigenvalue weighted by Crippen LogP contribution is 2.28. The van der Waals surface area contributed by atoms with E-state index in [0.717, 1.165) is 5.56 Å². The highest BCUT2D eigenvalue weighted by Gasteiger charge is 2.39. The summed E-state index contributed by atoms with van der Waals surface area (Å²) in [6.45, 7) is 4.51. The number of aliphatic hydroxyl groups is 1. The summed E-state index contributed by atoms with van der Waals surface area (Å²) < 4.78 is 5.33. The minimum Gasteiger partial charge on any atom is -0.376 e. The van der Waals surface area contributed by atoms with Gasteiger partial charge in [0.05, 0.1) is 12.1 Å². The molecule has 1 fully saturated rings. The van der Waals surface area contributed by atoms with Gasteiger partial charge in [0.25, 0.3) is 17.6 Å². The first kappa shape index (κ1) is 21.5. The van der Waals surface area contributed by atoms with Crippen molar-refractivity contribution < 1.29 is 14.4 Å². The van der Waals surface area contributed by atoms with E-state index in [1.807, 2.05) is 30.3 Å². The Morgan fingerprint density at radius 1 is 1.23 bits per heavy atom. The van der Waals surface area contributed by atoms with Gasteiger partial charge in [-0.25, -0.2) is 0 Å². The minimum absolute atomic E-state index is 0.0281. The smallest absolute Gasteiger partial charge is 0.295 e. The van der Waals surface area contributed by atoms with Crippen LogP contribution in [-0.4, -0.2) is 44.9 Å². The standard InChI is InChI=1S/C23H25ClN4O3/c1-14(2)12-19-21(29)25-18(15-6-4-3-5-7-15)13-28(19)23(30)20-26-22(31-27-20)16-8-10-17(24)11-9-16/h3-11,14,18-19,21,25,29H,12-13H2,1-2H3/t18-,19+,21?/m1/s1. The Hall–Kier alpha value is -2.74. The van der Waals surface area contributed by atoms with Crippen LogP contribution in [0.2, 0.25) is 5.02 Å². The van der Waals surface area contributed by atoms with Gasteiger partial charge in [-0.2, -0.15) is 4.98 Å². The zero-order valence-corrected chi connectivity index (χ0v) is 18.2. The molecule has 2 aromatic carbocycles. The van der Waals surface area contributed by atoms with Crippen LogP contribution in [0.25, 0.3) is 11.5 Å². The fraction of sp³-hybridized carbons (Fsp3) is 0.348. The van der Waals surface area contributed by atoms with E-state index in [0.29, 0.717) is 29.5 Å². The largest absolute Gasteiger partial charge is 0.376 e. The first-order valence-corrected chi connectivity index (χ1v) is 10.7. The van der Waals surface area contributed by atoms with Gasteiger partial charge in [-0.3, -0.25) is 10.1 Å². The number of rotatable bonds is 5. The molecule has 1 amide bonds. The number of aromatic nitrogens is 2. The molecule has 0 saturated carbocycles.